The van der Waals surface area contributed by atoms with E-state index in [1.807, 2.05) is 30.3 Å². The van der Waals surface area contributed by atoms with Crippen LogP contribution in [0, 0.1) is 23.7 Å². The van der Waals surface area contributed by atoms with E-state index in [9.17, 15) is 20.1 Å². The number of nitrogens with two attached hydrogens (primary N) is 2. The molecule has 2 aromatic carbocycles. The van der Waals surface area contributed by atoms with E-state index in [1.54, 1.807) is 24.5 Å². The summed E-state index contributed by atoms with van der Waals surface area (Å²) in [6, 6.07) is 12.2. The third-order valence-electron chi connectivity index (χ3n) is 11.5. The van der Waals surface area contributed by atoms with Gasteiger partial charge in [-0.1, -0.05) is 24.1 Å². The van der Waals surface area contributed by atoms with E-state index in [4.69, 9.17) is 30.4 Å². The van der Waals surface area contributed by atoms with Crippen molar-refractivity contribution in [1.82, 2.24) is 15.6 Å². The summed E-state index contributed by atoms with van der Waals surface area (Å²) < 4.78 is 25.2. The highest BCUT2D eigenvalue weighted by Gasteiger charge is 2.39. The molecule has 7 unspecified atom stereocenters. The van der Waals surface area contributed by atoms with Gasteiger partial charge in [0.1, 0.15) is 12.2 Å². The van der Waals surface area contributed by atoms with Crippen LogP contribution in [0.2, 0.25) is 0 Å². The number of benzene rings is 2. The molecule has 1 saturated heterocycles. The third kappa shape index (κ3) is 11.1. The van der Waals surface area contributed by atoms with Crippen LogP contribution < -0.4 is 31.6 Å². The number of aliphatic imine (C=N–C) groups is 1. The molecule has 14 heteroatoms. The molecule has 3 aromatic rings. The number of aromatic nitrogens is 1. The Morgan fingerprint density at radius 1 is 1.10 bits per heavy atom. The summed E-state index contributed by atoms with van der Waals surface area (Å²) >= 11 is 0. The molecule has 2 bridgehead atoms. The highest BCUT2D eigenvalue weighted by molar-refractivity contribution is 5.78. The largest absolute Gasteiger partial charge is 0.504 e. The average Bonchev–Trinajstić information content (AvgIpc) is 3.25. The molecule has 2 fully saturated rings. The number of nitrogens with zero attached hydrogens (tertiary/aromatic N) is 2. The van der Waals surface area contributed by atoms with E-state index in [2.05, 4.69) is 38.5 Å². The third-order valence-corrected chi connectivity index (χ3v) is 11.5. The second-order valence-electron chi connectivity index (χ2n) is 16.0. The fraction of sp³-hybridized carbons (Fsp3) is 0.457. The summed E-state index contributed by atoms with van der Waals surface area (Å²) in [5.41, 5.74) is 16.0. The number of phenolic OH excluding ortho intramolecular Hbond substituents is 3. The Hall–Kier alpha value is -6.07. The SMILES string of the molecule is CC(=O)OC1CC(c2cc(O)c(O)c(OCCc3cccnc3)c2)OC(C2CC#CC3C(NC(N)=NCCCC4=CCNC(N)=C4)CCCC3Oc3cc(ccc3O)C2)C1. The second kappa shape index (κ2) is 19.8. The van der Waals surface area contributed by atoms with E-state index < -0.39 is 24.3 Å². The molecule has 7 atom stereocenters. The van der Waals surface area contributed by atoms with Gasteiger partial charge in [-0.15, -0.1) is 5.92 Å². The number of hydrogen-bond donors (Lipinski definition) is 7. The van der Waals surface area contributed by atoms with Crippen molar-refractivity contribution < 1.29 is 39.1 Å². The molecule has 4 heterocycles. The number of phenols is 3. The van der Waals surface area contributed by atoms with Crippen LogP contribution in [-0.2, 0) is 27.1 Å². The zero-order valence-electron chi connectivity index (χ0n) is 34.0. The van der Waals surface area contributed by atoms with Crippen molar-refractivity contribution in [1.29, 1.82) is 0 Å². The Labute approximate surface area is 351 Å². The fourth-order valence-electron chi connectivity index (χ4n) is 8.54. The topological polar surface area (TPSA) is 216 Å². The number of allylic oxidation sites excluding steroid dienone is 2. The number of dihydropyridines is 1. The predicted molar refractivity (Wildman–Crippen MR) is 226 cm³/mol. The first kappa shape index (κ1) is 42.1. The minimum Gasteiger partial charge on any atom is -0.504 e. The first-order valence-electron chi connectivity index (χ1n) is 20.9. The van der Waals surface area contributed by atoms with Crippen molar-refractivity contribution in [2.24, 2.45) is 28.3 Å². The van der Waals surface area contributed by atoms with Gasteiger partial charge >= 0.3 is 5.97 Å². The summed E-state index contributed by atoms with van der Waals surface area (Å²) in [7, 11) is 0. The molecule has 4 aliphatic rings. The van der Waals surface area contributed by atoms with Crippen LogP contribution in [0.4, 0.5) is 0 Å². The smallest absolute Gasteiger partial charge is 0.302 e. The fourth-order valence-corrected chi connectivity index (χ4v) is 8.54. The molecule has 14 nitrogen and oxygen atoms in total. The number of ether oxygens (including phenoxy) is 4. The average molecular weight is 821 g/mol. The molecule has 318 valence electrons. The number of aromatic hydroxyl groups is 3. The molecule has 3 aliphatic heterocycles. The number of carbonyl (C=O) groups excluding carboxylic acids is 1. The van der Waals surface area contributed by atoms with Gasteiger partial charge in [0.25, 0.3) is 0 Å². The second-order valence-corrected chi connectivity index (χ2v) is 16.0. The highest BCUT2D eigenvalue weighted by Crippen LogP contribution is 2.44. The lowest BCUT2D eigenvalue weighted by Gasteiger charge is -2.39. The van der Waals surface area contributed by atoms with Gasteiger partial charge in [0.15, 0.2) is 29.0 Å². The number of esters is 1. The monoisotopic (exact) mass is 820 g/mol. The van der Waals surface area contributed by atoms with Crippen LogP contribution in [0.25, 0.3) is 0 Å². The first-order valence-corrected chi connectivity index (χ1v) is 20.9. The first-order chi connectivity index (χ1) is 29.1. The molecule has 1 aliphatic carbocycles. The quantitative estimate of drug-likeness (QED) is 0.0314. The van der Waals surface area contributed by atoms with Gasteiger partial charge < -0.3 is 56.4 Å². The van der Waals surface area contributed by atoms with E-state index in [-0.39, 0.29) is 53.6 Å². The predicted octanol–water partition coefficient (Wildman–Crippen LogP) is 5.17. The Kier molecular flexibility index (Phi) is 13.9. The molecule has 7 rings (SSSR count). The Morgan fingerprint density at radius 3 is 2.80 bits per heavy atom. The van der Waals surface area contributed by atoms with E-state index in [0.29, 0.717) is 61.7 Å². The van der Waals surface area contributed by atoms with Gasteiger partial charge in [0.2, 0.25) is 5.75 Å². The van der Waals surface area contributed by atoms with Crippen molar-refractivity contribution in [3.63, 3.8) is 0 Å². The molecule has 1 aromatic heterocycles. The minimum absolute atomic E-state index is 0.0485. The standard InChI is InChI=1S/C46H56N6O8/c1-28(53)58-34-25-40(60-41(26-34)33-23-38(55)45(56)43(24-33)57-19-15-30-7-4-16-49-27-30)32-8-2-9-35-36(52-46(48)51-17-5-6-29-14-18-50-44(47)22-29)10-3-11-39(35)59-42-21-31(20-32)12-13-37(42)54/h4,7,12-14,16,21-24,27,32,34-36,39-41,50,54-56H,3,5-6,8,10-11,15,17-20,25-26,47H2,1H3,(H3,48,51,52). The molecule has 9 N–H and O–H groups in total. The molecule has 1 saturated carbocycles. The van der Waals surface area contributed by atoms with Crippen molar-refractivity contribution in [3.8, 4) is 40.6 Å². The van der Waals surface area contributed by atoms with Crippen LogP contribution >= 0.6 is 0 Å². The maximum absolute atomic E-state index is 12.3. The van der Waals surface area contributed by atoms with Crippen LogP contribution in [0.3, 0.4) is 0 Å². The molecular weight excluding hydrogens is 765 g/mol. The Morgan fingerprint density at radius 2 is 1.98 bits per heavy atom. The number of fused-ring (bicyclic) bond motifs is 3. The van der Waals surface area contributed by atoms with Gasteiger partial charge in [-0.25, -0.2) is 0 Å². The van der Waals surface area contributed by atoms with Gasteiger partial charge in [0, 0.05) is 70.0 Å². The van der Waals surface area contributed by atoms with Crippen molar-refractivity contribution in [3.05, 3.63) is 95.1 Å². The number of nitrogens with one attached hydrogen (secondary N) is 2. The molecular formula is C46H56N6O8. The maximum atomic E-state index is 12.3. The summed E-state index contributed by atoms with van der Waals surface area (Å²) in [5, 5.41) is 39.1. The Bertz CT molecular complexity index is 2130. The summed E-state index contributed by atoms with van der Waals surface area (Å²) in [6.45, 7) is 2.92. The van der Waals surface area contributed by atoms with Gasteiger partial charge in [-0.05, 0) is 97.2 Å². The number of rotatable bonds is 12. The van der Waals surface area contributed by atoms with E-state index in [1.165, 1.54) is 18.6 Å². The number of hydrogen-bond acceptors (Lipinski definition) is 12. The lowest BCUT2D eigenvalue weighted by atomic mass is 9.81. The normalized spacial score (nSPS) is 25.3. The van der Waals surface area contributed by atoms with E-state index in [0.717, 1.165) is 49.8 Å². The number of pyridine rings is 1. The van der Waals surface area contributed by atoms with E-state index >= 15 is 0 Å². The molecule has 0 amide bonds. The maximum Gasteiger partial charge on any atom is 0.302 e. The van der Waals surface area contributed by atoms with Crippen LogP contribution in [-0.4, -0.2) is 76.3 Å². The van der Waals surface area contributed by atoms with Crippen molar-refractivity contribution in [2.45, 2.75) is 102 Å². The van der Waals surface area contributed by atoms with Crippen LogP contribution in [0.5, 0.6) is 28.7 Å². The van der Waals surface area contributed by atoms with Gasteiger partial charge in [-0.2, -0.15) is 0 Å². The van der Waals surface area contributed by atoms with Crippen LogP contribution in [0.15, 0.2) is 83.4 Å². The highest BCUT2D eigenvalue weighted by atomic mass is 16.6. The zero-order valence-corrected chi connectivity index (χ0v) is 34.0. The van der Waals surface area contributed by atoms with Crippen LogP contribution in [0.1, 0.15) is 81.1 Å². The lowest BCUT2D eigenvalue weighted by Crippen LogP contribution is -2.50. The Balaban J connectivity index is 1.10. The van der Waals surface area contributed by atoms with Gasteiger partial charge in [-0.3, -0.25) is 14.8 Å². The zero-order chi connectivity index (χ0) is 42.0. The molecule has 60 heavy (non-hydrogen) atoms. The minimum atomic E-state index is -0.602. The summed E-state index contributed by atoms with van der Waals surface area (Å²) in [4.78, 5) is 21.1. The number of carbonyl (C=O) groups is 1. The van der Waals surface area contributed by atoms with Crippen molar-refractivity contribution >= 4 is 11.9 Å². The number of guanidine groups is 1. The molecule has 0 radical (unpaired) electrons. The molecule has 0 spiro atoms. The summed E-state index contributed by atoms with van der Waals surface area (Å²) in [6.07, 6.45) is 12.2. The van der Waals surface area contributed by atoms with Gasteiger partial charge in [0.05, 0.1) is 30.6 Å². The van der Waals surface area contributed by atoms with Crippen molar-refractivity contribution in [2.75, 3.05) is 19.7 Å². The summed E-state index contributed by atoms with van der Waals surface area (Å²) in [5.74, 6) is 7.10. The lowest BCUT2D eigenvalue weighted by molar-refractivity contribution is -0.164.